The molecule has 0 fully saturated rings. The van der Waals surface area contributed by atoms with Gasteiger partial charge in [0.25, 0.3) is 0 Å². The molecule has 0 heterocycles. The monoisotopic (exact) mass is 230 g/mol. The van der Waals surface area contributed by atoms with E-state index in [2.05, 4.69) is 6.08 Å². The van der Waals surface area contributed by atoms with Gasteiger partial charge in [0.2, 0.25) is 5.70 Å². The maximum absolute atomic E-state index is 10.6. The van der Waals surface area contributed by atoms with E-state index in [1.807, 2.05) is 18.2 Å². The van der Waals surface area contributed by atoms with E-state index in [0.717, 1.165) is 17.6 Å². The van der Waals surface area contributed by atoms with Gasteiger partial charge >= 0.3 is 0 Å². The summed E-state index contributed by atoms with van der Waals surface area (Å²) < 4.78 is 0. The second kappa shape index (κ2) is 4.40. The van der Waals surface area contributed by atoms with Gasteiger partial charge in [-0.1, -0.05) is 18.1 Å². The first-order valence-corrected chi connectivity index (χ1v) is 4.11. The molecule has 0 N–H and O–H groups in total. The maximum Gasteiger partial charge on any atom is 0.220 e. The number of nitrogens with zero attached hydrogens (tertiary/aromatic N) is 1. The summed E-state index contributed by atoms with van der Waals surface area (Å²) in [5, 5.41) is 10.6. The van der Waals surface area contributed by atoms with Crippen molar-refractivity contribution in [2.24, 2.45) is 0 Å². The summed E-state index contributed by atoms with van der Waals surface area (Å²) in [5.41, 5.74) is 1.89. The second-order valence-electron chi connectivity index (χ2n) is 2.92. The van der Waals surface area contributed by atoms with Crippen molar-refractivity contribution in [3.05, 3.63) is 57.3 Å². The SMILES string of the molecule is O=[N+]([O-])C1=C(C2=[C-]CC=C2)CC=C1.[Fe]. The minimum atomic E-state index is -0.334. The molecule has 0 atom stereocenters. The van der Waals surface area contributed by atoms with Crippen molar-refractivity contribution in [3.8, 4) is 0 Å². The first kappa shape index (κ1) is 11.0. The van der Waals surface area contributed by atoms with E-state index in [4.69, 9.17) is 0 Å². The van der Waals surface area contributed by atoms with Crippen molar-refractivity contribution in [3.63, 3.8) is 0 Å². The Kier molecular flexibility index (Phi) is 3.44. The zero-order valence-corrected chi connectivity index (χ0v) is 8.45. The van der Waals surface area contributed by atoms with Crippen LogP contribution in [0.3, 0.4) is 0 Å². The topological polar surface area (TPSA) is 43.1 Å². The number of nitro groups is 1. The molecular formula is C10H8FeNO2-. The number of rotatable bonds is 2. The summed E-state index contributed by atoms with van der Waals surface area (Å²) in [7, 11) is 0. The van der Waals surface area contributed by atoms with Gasteiger partial charge in [-0.2, -0.15) is 17.7 Å². The molecule has 0 bridgehead atoms. The first-order valence-electron chi connectivity index (χ1n) is 4.11. The van der Waals surface area contributed by atoms with E-state index < -0.39 is 0 Å². The molecule has 0 aromatic heterocycles. The van der Waals surface area contributed by atoms with Crippen molar-refractivity contribution in [1.82, 2.24) is 0 Å². The van der Waals surface area contributed by atoms with Gasteiger partial charge in [-0.25, -0.2) is 0 Å². The van der Waals surface area contributed by atoms with Crippen molar-refractivity contribution >= 4 is 0 Å². The molecule has 0 amide bonds. The standard InChI is InChI=1S/C10H8NO2.Fe/c12-11(13)10-7-3-6-9(10)8-4-1-2-5-8;/h1,3-4,7H,2,6H2;/q-1;. The molecule has 0 radical (unpaired) electrons. The fraction of sp³-hybridized carbons (Fsp3) is 0.200. The number of hydrogen-bond donors (Lipinski definition) is 0. The van der Waals surface area contributed by atoms with Crippen LogP contribution in [0.5, 0.6) is 0 Å². The average molecular weight is 230 g/mol. The molecule has 0 unspecified atom stereocenters. The van der Waals surface area contributed by atoms with Crippen molar-refractivity contribution < 1.29 is 22.0 Å². The molecule has 0 aliphatic heterocycles. The van der Waals surface area contributed by atoms with E-state index >= 15 is 0 Å². The van der Waals surface area contributed by atoms with Crippen LogP contribution in [-0.2, 0) is 17.1 Å². The molecule has 0 aromatic carbocycles. The van der Waals surface area contributed by atoms with Gasteiger partial charge in [0.1, 0.15) is 0 Å². The molecule has 2 aliphatic carbocycles. The minimum absolute atomic E-state index is 0. The molecule has 14 heavy (non-hydrogen) atoms. The fourth-order valence-electron chi connectivity index (χ4n) is 1.52. The Labute approximate surface area is 92.5 Å². The summed E-state index contributed by atoms with van der Waals surface area (Å²) in [6.07, 6.45) is 11.7. The van der Waals surface area contributed by atoms with Gasteiger partial charge in [0.15, 0.2) is 0 Å². The van der Waals surface area contributed by atoms with Crippen LogP contribution in [0.2, 0.25) is 0 Å². The fourth-order valence-corrected chi connectivity index (χ4v) is 1.52. The summed E-state index contributed by atoms with van der Waals surface area (Å²) in [6.45, 7) is 0. The number of hydrogen-bond acceptors (Lipinski definition) is 2. The zero-order chi connectivity index (χ0) is 9.26. The minimum Gasteiger partial charge on any atom is -0.259 e. The van der Waals surface area contributed by atoms with Crippen molar-refractivity contribution in [2.45, 2.75) is 12.8 Å². The van der Waals surface area contributed by atoms with E-state index in [1.54, 1.807) is 6.08 Å². The Morgan fingerprint density at radius 1 is 1.36 bits per heavy atom. The molecule has 2 aliphatic rings. The van der Waals surface area contributed by atoms with Crippen molar-refractivity contribution in [1.29, 1.82) is 0 Å². The van der Waals surface area contributed by atoms with Gasteiger partial charge in [0.05, 0.1) is 0 Å². The quantitative estimate of drug-likeness (QED) is 0.315. The molecule has 0 saturated carbocycles. The normalized spacial score (nSPS) is 18.4. The molecule has 74 valence electrons. The summed E-state index contributed by atoms with van der Waals surface area (Å²) in [4.78, 5) is 10.3. The number of allylic oxidation sites excluding steroid dienone is 7. The van der Waals surface area contributed by atoms with Gasteiger partial charge in [-0.3, -0.25) is 10.1 Å². The van der Waals surface area contributed by atoms with Gasteiger partial charge < -0.3 is 0 Å². The molecule has 2 rings (SSSR count). The molecule has 0 spiro atoms. The van der Waals surface area contributed by atoms with Crippen LogP contribution in [0.1, 0.15) is 12.8 Å². The largest absolute Gasteiger partial charge is 0.259 e. The predicted octanol–water partition coefficient (Wildman–Crippen LogP) is 2.16. The third-order valence-electron chi connectivity index (χ3n) is 2.12. The summed E-state index contributed by atoms with van der Waals surface area (Å²) in [6, 6.07) is 0. The summed E-state index contributed by atoms with van der Waals surface area (Å²) >= 11 is 0. The maximum atomic E-state index is 10.6. The molecular weight excluding hydrogens is 222 g/mol. The molecule has 4 heteroatoms. The third-order valence-corrected chi connectivity index (χ3v) is 2.12. The van der Waals surface area contributed by atoms with Crippen LogP contribution in [0.25, 0.3) is 0 Å². The zero-order valence-electron chi connectivity index (χ0n) is 7.34. The Balaban J connectivity index is 0.000000980. The van der Waals surface area contributed by atoms with E-state index in [-0.39, 0.29) is 27.7 Å². The Hall–Kier alpha value is -1.12. The Morgan fingerprint density at radius 3 is 2.71 bits per heavy atom. The van der Waals surface area contributed by atoms with Crippen molar-refractivity contribution in [2.75, 3.05) is 0 Å². The Morgan fingerprint density at radius 2 is 2.14 bits per heavy atom. The van der Waals surface area contributed by atoms with Crippen LogP contribution in [0, 0.1) is 16.2 Å². The summed E-state index contributed by atoms with van der Waals surface area (Å²) in [5.74, 6) is 0. The van der Waals surface area contributed by atoms with E-state index in [1.165, 1.54) is 0 Å². The molecule has 3 nitrogen and oxygen atoms in total. The average Bonchev–Trinajstić information content (AvgIpc) is 2.74. The molecule has 0 aromatic rings. The predicted molar refractivity (Wildman–Crippen MR) is 48.3 cm³/mol. The van der Waals surface area contributed by atoms with E-state index in [0.29, 0.717) is 6.42 Å². The second-order valence-corrected chi connectivity index (χ2v) is 2.92. The van der Waals surface area contributed by atoms with Crippen LogP contribution in [0.15, 0.2) is 41.1 Å². The van der Waals surface area contributed by atoms with Gasteiger partial charge in [0, 0.05) is 22.0 Å². The smallest absolute Gasteiger partial charge is 0.220 e. The van der Waals surface area contributed by atoms with E-state index in [9.17, 15) is 10.1 Å². The van der Waals surface area contributed by atoms with Crippen LogP contribution < -0.4 is 0 Å². The molecule has 0 saturated heterocycles. The Bertz CT molecular complexity index is 378. The van der Waals surface area contributed by atoms with Gasteiger partial charge in [-0.15, -0.1) is 6.08 Å². The van der Waals surface area contributed by atoms with Crippen LogP contribution in [-0.4, -0.2) is 4.92 Å². The first-order chi connectivity index (χ1) is 6.29. The van der Waals surface area contributed by atoms with Gasteiger partial charge in [-0.05, 0) is 12.5 Å². The van der Waals surface area contributed by atoms with Crippen LogP contribution in [0.4, 0.5) is 0 Å². The third kappa shape index (κ3) is 1.86. The van der Waals surface area contributed by atoms with Crippen LogP contribution >= 0.6 is 0 Å².